The summed E-state index contributed by atoms with van der Waals surface area (Å²) in [5.41, 5.74) is 0. The van der Waals surface area contributed by atoms with E-state index in [4.69, 9.17) is 0 Å². The second-order valence-corrected chi connectivity index (χ2v) is 6.32. The first-order chi connectivity index (χ1) is 8.33. The zero-order valence-corrected chi connectivity index (χ0v) is 10.8. The lowest BCUT2D eigenvalue weighted by molar-refractivity contribution is 0.128. The van der Waals surface area contributed by atoms with Gasteiger partial charge in [0.15, 0.2) is 0 Å². The summed E-state index contributed by atoms with van der Waals surface area (Å²) >= 11 is 2.06. The lowest BCUT2D eigenvalue weighted by Crippen LogP contribution is -2.26. The highest BCUT2D eigenvalue weighted by molar-refractivity contribution is 7.99. The summed E-state index contributed by atoms with van der Waals surface area (Å²) in [4.78, 5) is 0. The number of fused-ring (bicyclic) bond motifs is 1. The first-order valence-corrected chi connectivity index (χ1v) is 7.65. The van der Waals surface area contributed by atoms with Gasteiger partial charge in [-0.1, -0.05) is 0 Å². The summed E-state index contributed by atoms with van der Waals surface area (Å²) in [5.74, 6) is 5.50. The van der Waals surface area contributed by atoms with Crippen LogP contribution in [0, 0.1) is 5.92 Å². The van der Waals surface area contributed by atoms with E-state index in [0.717, 1.165) is 36.8 Å². The number of aromatic nitrogens is 3. The highest BCUT2D eigenvalue weighted by Crippen LogP contribution is 2.26. The third-order valence-corrected chi connectivity index (χ3v) is 4.86. The molecule has 1 unspecified atom stereocenters. The molecule has 3 rings (SSSR count). The van der Waals surface area contributed by atoms with Crippen molar-refractivity contribution in [2.45, 2.75) is 44.8 Å². The molecule has 1 atom stereocenters. The Labute approximate surface area is 106 Å². The Kier molecular flexibility index (Phi) is 3.38. The maximum absolute atomic E-state index is 9.72. The van der Waals surface area contributed by atoms with Gasteiger partial charge in [0.25, 0.3) is 0 Å². The fourth-order valence-corrected chi connectivity index (χ4v) is 3.93. The molecule has 0 bridgehead atoms. The molecule has 17 heavy (non-hydrogen) atoms. The molecule has 5 heteroatoms. The minimum absolute atomic E-state index is 0.209. The van der Waals surface area contributed by atoms with Gasteiger partial charge in [-0.05, 0) is 36.7 Å². The molecular weight excluding hydrogens is 234 g/mol. The average Bonchev–Trinajstić information content (AvgIpc) is 2.73. The van der Waals surface area contributed by atoms with Gasteiger partial charge in [0.1, 0.15) is 11.6 Å². The van der Waals surface area contributed by atoms with Crippen LogP contribution >= 0.6 is 11.8 Å². The van der Waals surface area contributed by atoms with Crippen molar-refractivity contribution in [3.05, 3.63) is 11.6 Å². The fourth-order valence-electron chi connectivity index (χ4n) is 2.73. The Hall–Kier alpha value is -0.550. The molecule has 1 saturated heterocycles. The number of thioether (sulfide) groups is 1. The van der Waals surface area contributed by atoms with Crippen molar-refractivity contribution < 1.29 is 5.11 Å². The summed E-state index contributed by atoms with van der Waals surface area (Å²) in [6, 6.07) is 0. The van der Waals surface area contributed by atoms with Crippen molar-refractivity contribution in [1.29, 1.82) is 0 Å². The molecule has 2 aliphatic heterocycles. The molecule has 1 N–H and O–H groups in total. The molecule has 1 fully saturated rings. The Morgan fingerprint density at radius 3 is 2.88 bits per heavy atom. The van der Waals surface area contributed by atoms with E-state index in [1.807, 2.05) is 0 Å². The van der Waals surface area contributed by atoms with Gasteiger partial charge in [0.2, 0.25) is 0 Å². The third-order valence-electron chi connectivity index (χ3n) is 3.81. The van der Waals surface area contributed by atoms with Crippen LogP contribution in [0.3, 0.4) is 0 Å². The van der Waals surface area contributed by atoms with E-state index in [0.29, 0.717) is 6.54 Å². The summed E-state index contributed by atoms with van der Waals surface area (Å²) in [7, 11) is 0. The summed E-state index contributed by atoms with van der Waals surface area (Å²) < 4.78 is 2.15. The normalized spacial score (nSPS) is 25.8. The van der Waals surface area contributed by atoms with Crippen LogP contribution in [-0.4, -0.2) is 37.5 Å². The maximum Gasteiger partial charge on any atom is 0.133 e. The Morgan fingerprint density at radius 1 is 1.24 bits per heavy atom. The second kappa shape index (κ2) is 4.98. The number of hydrogen-bond donors (Lipinski definition) is 1. The van der Waals surface area contributed by atoms with E-state index in [9.17, 15) is 5.11 Å². The number of hydrogen-bond acceptors (Lipinski definition) is 4. The van der Waals surface area contributed by atoms with Crippen LogP contribution < -0.4 is 0 Å². The topological polar surface area (TPSA) is 50.9 Å². The zero-order valence-electron chi connectivity index (χ0n) is 10.0. The van der Waals surface area contributed by atoms with Crippen LogP contribution in [0.5, 0.6) is 0 Å². The van der Waals surface area contributed by atoms with E-state index in [2.05, 4.69) is 26.5 Å². The van der Waals surface area contributed by atoms with Crippen LogP contribution in [0.15, 0.2) is 0 Å². The first-order valence-electron chi connectivity index (χ1n) is 6.49. The van der Waals surface area contributed by atoms with Crippen molar-refractivity contribution in [2.75, 3.05) is 11.5 Å². The molecule has 0 radical (unpaired) electrons. The number of nitrogens with zero attached hydrogens (tertiary/aromatic N) is 3. The predicted molar refractivity (Wildman–Crippen MR) is 68.1 cm³/mol. The van der Waals surface area contributed by atoms with E-state index in [1.54, 1.807) is 0 Å². The molecule has 3 heterocycles. The number of aliphatic hydroxyl groups is 1. The Bertz CT molecular complexity index is 387. The molecule has 2 aliphatic rings. The van der Waals surface area contributed by atoms with E-state index in [1.165, 1.54) is 24.3 Å². The number of aliphatic hydroxyl groups excluding tert-OH is 1. The van der Waals surface area contributed by atoms with Crippen LogP contribution in [0.25, 0.3) is 0 Å². The van der Waals surface area contributed by atoms with Gasteiger partial charge < -0.3 is 9.67 Å². The van der Waals surface area contributed by atoms with E-state index in [-0.39, 0.29) is 6.10 Å². The maximum atomic E-state index is 9.72. The van der Waals surface area contributed by atoms with Crippen LogP contribution in [0.4, 0.5) is 0 Å². The highest BCUT2D eigenvalue weighted by atomic mass is 32.2. The molecule has 94 valence electrons. The van der Waals surface area contributed by atoms with Gasteiger partial charge in [0, 0.05) is 12.8 Å². The first kappa shape index (κ1) is 11.5. The van der Waals surface area contributed by atoms with Gasteiger partial charge in [0.05, 0.1) is 12.6 Å². The standard InChI is InChI=1S/C12H19N3OS/c16-10-1-2-11-13-14-12(15(11)8-10)7-9-3-5-17-6-4-9/h9-10,16H,1-8H2. The van der Waals surface area contributed by atoms with Gasteiger partial charge in [-0.15, -0.1) is 10.2 Å². The largest absolute Gasteiger partial charge is 0.391 e. The van der Waals surface area contributed by atoms with Crippen LogP contribution in [0.1, 0.15) is 30.9 Å². The minimum Gasteiger partial charge on any atom is -0.391 e. The smallest absolute Gasteiger partial charge is 0.133 e. The van der Waals surface area contributed by atoms with Crippen molar-refractivity contribution in [3.8, 4) is 0 Å². The summed E-state index contributed by atoms with van der Waals surface area (Å²) in [6.45, 7) is 0.694. The average molecular weight is 253 g/mol. The van der Waals surface area contributed by atoms with E-state index < -0.39 is 0 Å². The molecular formula is C12H19N3OS. The SMILES string of the molecule is OC1CCc2nnc(CC3CCSCC3)n2C1. The van der Waals surface area contributed by atoms with Gasteiger partial charge in [-0.25, -0.2) is 0 Å². The Morgan fingerprint density at radius 2 is 2.06 bits per heavy atom. The molecule has 0 aromatic carbocycles. The van der Waals surface area contributed by atoms with Crippen molar-refractivity contribution in [3.63, 3.8) is 0 Å². The number of rotatable bonds is 2. The predicted octanol–water partition coefficient (Wildman–Crippen LogP) is 1.27. The van der Waals surface area contributed by atoms with Gasteiger partial charge in [-0.3, -0.25) is 0 Å². The lowest BCUT2D eigenvalue weighted by Gasteiger charge is -2.23. The monoisotopic (exact) mass is 253 g/mol. The molecule has 1 aromatic rings. The van der Waals surface area contributed by atoms with Crippen LogP contribution in [0.2, 0.25) is 0 Å². The molecule has 0 amide bonds. The van der Waals surface area contributed by atoms with Crippen molar-refractivity contribution >= 4 is 11.8 Å². The minimum atomic E-state index is -0.209. The Balaban J connectivity index is 1.72. The van der Waals surface area contributed by atoms with Gasteiger partial charge in [-0.2, -0.15) is 11.8 Å². The zero-order chi connectivity index (χ0) is 11.7. The second-order valence-electron chi connectivity index (χ2n) is 5.10. The van der Waals surface area contributed by atoms with E-state index >= 15 is 0 Å². The third kappa shape index (κ3) is 2.50. The fraction of sp³-hybridized carbons (Fsp3) is 0.833. The van der Waals surface area contributed by atoms with Gasteiger partial charge >= 0.3 is 0 Å². The van der Waals surface area contributed by atoms with Crippen LogP contribution in [-0.2, 0) is 19.4 Å². The number of aryl methyl sites for hydroxylation is 1. The molecule has 1 aromatic heterocycles. The highest BCUT2D eigenvalue weighted by Gasteiger charge is 2.23. The molecule has 0 spiro atoms. The summed E-state index contributed by atoms with van der Waals surface area (Å²) in [6.07, 6.45) is 5.14. The van der Waals surface area contributed by atoms with Crippen molar-refractivity contribution in [1.82, 2.24) is 14.8 Å². The molecule has 0 saturated carbocycles. The quantitative estimate of drug-likeness (QED) is 0.862. The molecule has 0 aliphatic carbocycles. The summed E-state index contributed by atoms with van der Waals surface area (Å²) in [5, 5.41) is 18.3. The van der Waals surface area contributed by atoms with Crippen molar-refractivity contribution in [2.24, 2.45) is 5.92 Å². The molecule has 4 nitrogen and oxygen atoms in total. The lowest BCUT2D eigenvalue weighted by atomic mass is 9.98.